The van der Waals surface area contributed by atoms with Crippen molar-refractivity contribution < 1.29 is 9.21 Å². The first kappa shape index (κ1) is 21.1. The lowest BCUT2D eigenvalue weighted by Crippen LogP contribution is -2.30. The van der Waals surface area contributed by atoms with E-state index in [-0.39, 0.29) is 11.3 Å². The molecule has 1 saturated heterocycles. The summed E-state index contributed by atoms with van der Waals surface area (Å²) >= 11 is 0. The second-order valence-corrected chi connectivity index (χ2v) is 9.12. The summed E-state index contributed by atoms with van der Waals surface area (Å²) < 4.78 is 6.03. The summed E-state index contributed by atoms with van der Waals surface area (Å²) in [4.78, 5) is 15.2. The summed E-state index contributed by atoms with van der Waals surface area (Å²) in [6, 6.07) is 17.5. The van der Waals surface area contributed by atoms with Crippen molar-refractivity contribution in [1.29, 1.82) is 0 Å². The van der Waals surface area contributed by atoms with Gasteiger partial charge in [-0.25, -0.2) is 0 Å². The Bertz CT molecular complexity index is 1000. The van der Waals surface area contributed by atoms with Crippen LogP contribution in [0.5, 0.6) is 0 Å². The standard InChI is InChI=1S/C25H30N4O2/c1-25(2,3)20-14-12-19(13-15-20)22(30)26-21(18-10-6-4-7-11-18)23-27-28-24(31-23)29-16-8-5-9-17-29/h4,6-7,10-15,21H,5,8-9,16-17H2,1-3H3,(H,26,30)/t21-/m0/s1. The van der Waals surface area contributed by atoms with Crippen LogP contribution in [0.2, 0.25) is 0 Å². The monoisotopic (exact) mass is 418 g/mol. The predicted octanol–water partition coefficient (Wildman–Crippen LogP) is 4.88. The van der Waals surface area contributed by atoms with Crippen LogP contribution in [0.25, 0.3) is 0 Å². The van der Waals surface area contributed by atoms with Crippen LogP contribution in [0.1, 0.15) is 73.5 Å². The van der Waals surface area contributed by atoms with Crippen molar-refractivity contribution in [2.24, 2.45) is 0 Å². The van der Waals surface area contributed by atoms with Gasteiger partial charge in [0.25, 0.3) is 5.91 Å². The number of rotatable bonds is 5. The molecule has 2 heterocycles. The molecule has 0 saturated carbocycles. The van der Waals surface area contributed by atoms with E-state index in [1.54, 1.807) is 0 Å². The second kappa shape index (κ2) is 8.92. The molecule has 1 amide bonds. The van der Waals surface area contributed by atoms with Gasteiger partial charge in [-0.15, -0.1) is 5.10 Å². The van der Waals surface area contributed by atoms with E-state index in [0.717, 1.165) is 31.5 Å². The summed E-state index contributed by atoms with van der Waals surface area (Å²) in [5.41, 5.74) is 2.73. The number of piperidine rings is 1. The maximum Gasteiger partial charge on any atom is 0.318 e. The summed E-state index contributed by atoms with van der Waals surface area (Å²) in [7, 11) is 0. The summed E-state index contributed by atoms with van der Waals surface area (Å²) in [5.74, 6) is 0.221. The summed E-state index contributed by atoms with van der Waals surface area (Å²) in [5, 5.41) is 11.6. The van der Waals surface area contributed by atoms with E-state index in [0.29, 0.717) is 17.5 Å². The van der Waals surface area contributed by atoms with Gasteiger partial charge in [-0.1, -0.05) is 68.3 Å². The quantitative estimate of drug-likeness (QED) is 0.640. The average Bonchev–Trinajstić information content (AvgIpc) is 3.28. The van der Waals surface area contributed by atoms with Gasteiger partial charge in [0, 0.05) is 18.7 Å². The van der Waals surface area contributed by atoms with Gasteiger partial charge >= 0.3 is 6.01 Å². The third-order valence-corrected chi connectivity index (χ3v) is 5.72. The number of benzene rings is 2. The van der Waals surface area contributed by atoms with Crippen LogP contribution >= 0.6 is 0 Å². The predicted molar refractivity (Wildman–Crippen MR) is 121 cm³/mol. The van der Waals surface area contributed by atoms with Crippen molar-refractivity contribution in [2.45, 2.75) is 51.5 Å². The number of hydrogen-bond donors (Lipinski definition) is 1. The SMILES string of the molecule is CC(C)(C)c1ccc(C(=O)N[C@@H](c2ccccc2)c2nnc(N3CCCCC3)o2)cc1. The van der Waals surface area contributed by atoms with E-state index >= 15 is 0 Å². The average molecular weight is 419 g/mol. The highest BCUT2D eigenvalue weighted by atomic mass is 16.4. The van der Waals surface area contributed by atoms with Crippen molar-refractivity contribution in [3.8, 4) is 0 Å². The Morgan fingerprint density at radius 3 is 2.29 bits per heavy atom. The summed E-state index contributed by atoms with van der Waals surface area (Å²) in [6.07, 6.45) is 3.48. The molecule has 1 aliphatic rings. The Kier molecular flexibility index (Phi) is 6.07. The van der Waals surface area contributed by atoms with Crippen LogP contribution < -0.4 is 10.2 Å². The molecule has 0 aliphatic carbocycles. The Balaban J connectivity index is 1.58. The molecule has 1 atom stereocenters. The molecule has 1 N–H and O–H groups in total. The van der Waals surface area contributed by atoms with Gasteiger partial charge in [0.15, 0.2) is 0 Å². The van der Waals surface area contributed by atoms with Gasteiger partial charge in [-0.05, 0) is 47.9 Å². The van der Waals surface area contributed by atoms with Crippen LogP contribution in [0.4, 0.5) is 6.01 Å². The zero-order valence-corrected chi connectivity index (χ0v) is 18.5. The van der Waals surface area contributed by atoms with E-state index in [1.165, 1.54) is 12.0 Å². The summed E-state index contributed by atoms with van der Waals surface area (Å²) in [6.45, 7) is 8.31. The maximum absolute atomic E-state index is 13.1. The van der Waals surface area contributed by atoms with Crippen molar-refractivity contribution in [2.75, 3.05) is 18.0 Å². The van der Waals surface area contributed by atoms with Gasteiger partial charge in [0.1, 0.15) is 6.04 Å². The van der Waals surface area contributed by atoms with E-state index in [9.17, 15) is 4.79 Å². The minimum atomic E-state index is -0.512. The van der Waals surface area contributed by atoms with Gasteiger partial charge in [-0.2, -0.15) is 0 Å². The molecule has 1 fully saturated rings. The first-order chi connectivity index (χ1) is 14.9. The van der Waals surface area contributed by atoms with Crippen molar-refractivity contribution in [1.82, 2.24) is 15.5 Å². The number of anilines is 1. The fourth-order valence-electron chi connectivity index (χ4n) is 3.83. The number of amides is 1. The third kappa shape index (κ3) is 4.95. The number of nitrogens with one attached hydrogen (secondary N) is 1. The van der Waals surface area contributed by atoms with Gasteiger partial charge < -0.3 is 14.6 Å². The van der Waals surface area contributed by atoms with Crippen LogP contribution in [-0.4, -0.2) is 29.2 Å². The number of carbonyl (C=O) groups excluding carboxylic acids is 1. The largest absolute Gasteiger partial charge is 0.405 e. The number of hydrogen-bond acceptors (Lipinski definition) is 5. The molecule has 0 bridgehead atoms. The number of aromatic nitrogens is 2. The fraction of sp³-hybridized carbons (Fsp3) is 0.400. The molecule has 0 radical (unpaired) electrons. The number of carbonyl (C=O) groups is 1. The molecule has 6 heteroatoms. The minimum absolute atomic E-state index is 0.0379. The highest BCUT2D eigenvalue weighted by Crippen LogP contribution is 2.26. The lowest BCUT2D eigenvalue weighted by molar-refractivity contribution is 0.0938. The first-order valence-corrected chi connectivity index (χ1v) is 11.0. The third-order valence-electron chi connectivity index (χ3n) is 5.72. The van der Waals surface area contributed by atoms with Crippen LogP contribution in [0.3, 0.4) is 0 Å². The van der Waals surface area contributed by atoms with E-state index in [2.05, 4.69) is 41.2 Å². The molecule has 3 aromatic rings. The Morgan fingerprint density at radius 1 is 0.968 bits per heavy atom. The van der Waals surface area contributed by atoms with Gasteiger partial charge in [-0.3, -0.25) is 4.79 Å². The van der Waals surface area contributed by atoms with Gasteiger partial charge in [0.05, 0.1) is 0 Å². The Morgan fingerprint density at radius 2 is 1.65 bits per heavy atom. The molecule has 1 aromatic heterocycles. The Hall–Kier alpha value is -3.15. The smallest absolute Gasteiger partial charge is 0.318 e. The molecule has 1 aliphatic heterocycles. The van der Waals surface area contributed by atoms with Gasteiger partial charge in [0.2, 0.25) is 5.89 Å². The Labute approximate surface area is 183 Å². The van der Waals surface area contributed by atoms with Crippen molar-refractivity contribution in [3.63, 3.8) is 0 Å². The number of nitrogens with zero attached hydrogens (tertiary/aromatic N) is 3. The first-order valence-electron chi connectivity index (χ1n) is 11.0. The molecule has 4 rings (SSSR count). The molecular formula is C25H30N4O2. The van der Waals surface area contributed by atoms with Crippen LogP contribution in [0, 0.1) is 0 Å². The zero-order valence-electron chi connectivity index (χ0n) is 18.5. The molecule has 6 nitrogen and oxygen atoms in total. The second-order valence-electron chi connectivity index (χ2n) is 9.12. The maximum atomic E-state index is 13.1. The highest BCUT2D eigenvalue weighted by Gasteiger charge is 2.26. The lowest BCUT2D eigenvalue weighted by atomic mass is 9.86. The highest BCUT2D eigenvalue weighted by molar-refractivity contribution is 5.94. The molecule has 2 aromatic carbocycles. The topological polar surface area (TPSA) is 71.3 Å². The molecule has 162 valence electrons. The molecular weight excluding hydrogens is 388 g/mol. The van der Waals surface area contributed by atoms with E-state index in [4.69, 9.17) is 4.42 Å². The molecule has 31 heavy (non-hydrogen) atoms. The lowest BCUT2D eigenvalue weighted by Gasteiger charge is -2.24. The molecule has 0 unspecified atom stereocenters. The van der Waals surface area contributed by atoms with Crippen LogP contribution in [0.15, 0.2) is 59.0 Å². The van der Waals surface area contributed by atoms with E-state index < -0.39 is 6.04 Å². The van der Waals surface area contributed by atoms with E-state index in [1.807, 2.05) is 54.6 Å². The fourth-order valence-corrected chi connectivity index (χ4v) is 3.83. The van der Waals surface area contributed by atoms with Crippen molar-refractivity contribution >= 4 is 11.9 Å². The van der Waals surface area contributed by atoms with Crippen molar-refractivity contribution in [3.05, 3.63) is 77.2 Å². The van der Waals surface area contributed by atoms with Crippen LogP contribution in [-0.2, 0) is 5.41 Å². The normalized spacial score (nSPS) is 15.5. The minimum Gasteiger partial charge on any atom is -0.405 e. The zero-order chi connectivity index (χ0) is 21.8. The molecule has 0 spiro atoms.